The highest BCUT2D eigenvalue weighted by atomic mass is 16.9. The van der Waals surface area contributed by atoms with Crippen molar-refractivity contribution in [2.45, 2.75) is 52.9 Å². The molecule has 2 fully saturated rings. The Bertz CT molecular complexity index is 376. The van der Waals surface area contributed by atoms with E-state index in [1.165, 1.54) is 6.42 Å². The average Bonchev–Trinajstić information content (AvgIpc) is 2.23. The summed E-state index contributed by atoms with van der Waals surface area (Å²) in [7, 11) is 0. The third kappa shape index (κ3) is 3.02. The van der Waals surface area contributed by atoms with Crippen LogP contribution >= 0.6 is 0 Å². The molecule has 2 rings (SSSR count). The Morgan fingerprint density at radius 3 is 2.58 bits per heavy atom. The Kier molecular flexibility index (Phi) is 3.54. The molecule has 4 atom stereocenters. The minimum absolute atomic E-state index is 0.0636. The number of hydrogen-bond acceptors (Lipinski definition) is 4. The third-order valence-corrected chi connectivity index (χ3v) is 5.05. The first kappa shape index (κ1) is 14.6. The lowest BCUT2D eigenvalue weighted by atomic mass is 9.47. The first-order valence-electron chi connectivity index (χ1n) is 7.17. The van der Waals surface area contributed by atoms with Gasteiger partial charge in [-0.15, -0.1) is 10.1 Å². The van der Waals surface area contributed by atoms with E-state index in [9.17, 15) is 10.1 Å². The molecule has 0 heterocycles. The Morgan fingerprint density at radius 1 is 1.32 bits per heavy atom. The van der Waals surface area contributed by atoms with Crippen molar-refractivity contribution in [2.24, 2.45) is 27.9 Å². The van der Waals surface area contributed by atoms with E-state index in [4.69, 9.17) is 10.6 Å². The molecule has 0 aliphatic heterocycles. The summed E-state index contributed by atoms with van der Waals surface area (Å²) in [5, 5.41) is 9.90. The Hall–Kier alpha value is -0.840. The van der Waals surface area contributed by atoms with Gasteiger partial charge in [0, 0.05) is 0 Å². The van der Waals surface area contributed by atoms with E-state index in [1.807, 2.05) is 0 Å². The highest BCUT2D eigenvalue weighted by Gasteiger charge is 2.54. The second kappa shape index (κ2) is 4.62. The molecule has 2 bridgehead atoms. The molecule has 19 heavy (non-hydrogen) atoms. The van der Waals surface area contributed by atoms with Crippen molar-refractivity contribution >= 4 is 0 Å². The summed E-state index contributed by atoms with van der Waals surface area (Å²) in [5.41, 5.74) is 6.26. The van der Waals surface area contributed by atoms with Crippen LogP contribution < -0.4 is 5.73 Å². The van der Waals surface area contributed by atoms with Gasteiger partial charge in [0.2, 0.25) is 0 Å². The molecule has 2 saturated carbocycles. The van der Waals surface area contributed by atoms with Crippen molar-refractivity contribution in [2.75, 3.05) is 13.2 Å². The van der Waals surface area contributed by atoms with Crippen LogP contribution in [0.2, 0.25) is 0 Å². The van der Waals surface area contributed by atoms with Crippen LogP contribution in [-0.4, -0.2) is 18.2 Å². The van der Waals surface area contributed by atoms with Gasteiger partial charge in [-0.1, -0.05) is 20.8 Å². The molecule has 2 aliphatic rings. The molecule has 0 radical (unpaired) electrons. The van der Waals surface area contributed by atoms with Crippen LogP contribution in [-0.2, 0) is 4.84 Å². The zero-order valence-electron chi connectivity index (χ0n) is 12.3. The maximum atomic E-state index is 10.6. The SMILES string of the molecule is CC1CC2(C)CC(C)(CN)CC(CO[N+](=O)[O-])(C1)C2. The van der Waals surface area contributed by atoms with Crippen LogP contribution in [0, 0.1) is 32.3 Å². The van der Waals surface area contributed by atoms with Gasteiger partial charge < -0.3 is 10.6 Å². The summed E-state index contributed by atoms with van der Waals surface area (Å²) >= 11 is 0. The second-order valence-electron chi connectivity index (χ2n) is 7.87. The van der Waals surface area contributed by atoms with Crippen LogP contribution in [0.25, 0.3) is 0 Å². The fraction of sp³-hybridized carbons (Fsp3) is 1.00. The van der Waals surface area contributed by atoms with Gasteiger partial charge in [0.15, 0.2) is 0 Å². The van der Waals surface area contributed by atoms with Crippen LogP contribution in [0.5, 0.6) is 0 Å². The molecule has 5 nitrogen and oxygen atoms in total. The molecule has 4 unspecified atom stereocenters. The molecule has 2 aliphatic carbocycles. The predicted molar refractivity (Wildman–Crippen MR) is 72.9 cm³/mol. The van der Waals surface area contributed by atoms with Crippen LogP contribution in [0.15, 0.2) is 0 Å². The topological polar surface area (TPSA) is 78.4 Å². The Balaban J connectivity index is 2.24. The van der Waals surface area contributed by atoms with Crippen molar-refractivity contribution in [3.05, 3.63) is 10.1 Å². The average molecular weight is 270 g/mol. The fourth-order valence-corrected chi connectivity index (χ4v) is 5.46. The Morgan fingerprint density at radius 2 is 2.00 bits per heavy atom. The number of rotatable bonds is 4. The molecule has 0 saturated heterocycles. The van der Waals surface area contributed by atoms with Gasteiger partial charge in [-0.25, -0.2) is 0 Å². The third-order valence-electron chi connectivity index (χ3n) is 5.05. The number of nitrogens with zero attached hydrogens (tertiary/aromatic N) is 1. The van der Waals surface area contributed by atoms with E-state index in [0.717, 1.165) is 25.7 Å². The lowest BCUT2D eigenvalue weighted by Gasteiger charge is -2.58. The highest BCUT2D eigenvalue weighted by molar-refractivity contribution is 5.04. The van der Waals surface area contributed by atoms with Crippen molar-refractivity contribution < 1.29 is 9.92 Å². The molecule has 0 aromatic carbocycles. The standard InChI is InChI=1S/C14H26N2O3/c1-11-4-12(2)6-13(3,9-15)8-14(5-11,7-12)10-19-16(17)18/h11H,4-10,15H2,1-3H3. The smallest absolute Gasteiger partial charge is 0.294 e. The summed E-state index contributed by atoms with van der Waals surface area (Å²) < 4.78 is 0. The molecule has 0 aromatic rings. The molecule has 110 valence electrons. The first-order valence-corrected chi connectivity index (χ1v) is 7.17. The molecular weight excluding hydrogens is 244 g/mol. The summed E-state index contributed by atoms with van der Waals surface area (Å²) in [6.45, 7) is 7.67. The summed E-state index contributed by atoms with van der Waals surface area (Å²) in [4.78, 5) is 15.3. The lowest BCUT2D eigenvalue weighted by molar-refractivity contribution is -0.761. The number of nitrogens with two attached hydrogens (primary N) is 1. The van der Waals surface area contributed by atoms with Gasteiger partial charge in [0.05, 0.1) is 0 Å². The van der Waals surface area contributed by atoms with Gasteiger partial charge >= 0.3 is 0 Å². The number of fused-ring (bicyclic) bond motifs is 2. The summed E-state index contributed by atoms with van der Waals surface area (Å²) in [6, 6.07) is 0. The zero-order chi connectivity index (χ0) is 14.3. The lowest BCUT2D eigenvalue weighted by Crippen LogP contribution is -2.52. The fourth-order valence-electron chi connectivity index (χ4n) is 5.46. The molecular formula is C14H26N2O3. The van der Waals surface area contributed by atoms with E-state index < -0.39 is 5.09 Å². The molecule has 0 aromatic heterocycles. The highest BCUT2D eigenvalue weighted by Crippen LogP contribution is 2.62. The van der Waals surface area contributed by atoms with E-state index in [0.29, 0.717) is 12.5 Å². The normalized spacial score (nSPS) is 45.8. The van der Waals surface area contributed by atoms with E-state index >= 15 is 0 Å². The minimum atomic E-state index is -0.653. The van der Waals surface area contributed by atoms with Crippen molar-refractivity contribution in [1.82, 2.24) is 0 Å². The van der Waals surface area contributed by atoms with Gasteiger partial charge in [-0.05, 0) is 60.8 Å². The van der Waals surface area contributed by atoms with Crippen molar-refractivity contribution in [1.29, 1.82) is 0 Å². The number of hydrogen-bond donors (Lipinski definition) is 1. The van der Waals surface area contributed by atoms with Gasteiger partial charge in [-0.3, -0.25) is 0 Å². The first-order chi connectivity index (χ1) is 8.70. The van der Waals surface area contributed by atoms with E-state index in [2.05, 4.69) is 20.8 Å². The molecule has 0 spiro atoms. The van der Waals surface area contributed by atoms with Crippen molar-refractivity contribution in [3.8, 4) is 0 Å². The quantitative estimate of drug-likeness (QED) is 0.629. The van der Waals surface area contributed by atoms with E-state index in [1.54, 1.807) is 0 Å². The predicted octanol–water partition coefficient (Wildman–Crippen LogP) is 2.77. The van der Waals surface area contributed by atoms with Gasteiger partial charge in [-0.2, -0.15) is 0 Å². The summed E-state index contributed by atoms with van der Waals surface area (Å²) in [5.74, 6) is 0.608. The minimum Gasteiger partial charge on any atom is -0.330 e. The maximum absolute atomic E-state index is 10.6. The second-order valence-corrected chi connectivity index (χ2v) is 7.87. The molecule has 5 heteroatoms. The zero-order valence-corrected chi connectivity index (χ0v) is 12.3. The van der Waals surface area contributed by atoms with E-state index in [-0.39, 0.29) is 22.9 Å². The Labute approximate surface area is 115 Å². The summed E-state index contributed by atoms with van der Waals surface area (Å²) in [6.07, 6.45) is 5.33. The monoisotopic (exact) mass is 270 g/mol. The van der Waals surface area contributed by atoms with Crippen LogP contribution in [0.1, 0.15) is 52.9 Å². The van der Waals surface area contributed by atoms with Crippen LogP contribution in [0.4, 0.5) is 0 Å². The van der Waals surface area contributed by atoms with Crippen molar-refractivity contribution in [3.63, 3.8) is 0 Å². The van der Waals surface area contributed by atoms with Crippen LogP contribution in [0.3, 0.4) is 0 Å². The van der Waals surface area contributed by atoms with Gasteiger partial charge in [0.1, 0.15) is 6.61 Å². The molecule has 0 amide bonds. The largest absolute Gasteiger partial charge is 0.330 e. The van der Waals surface area contributed by atoms with Gasteiger partial charge in [0.25, 0.3) is 5.09 Å². The maximum Gasteiger partial charge on any atom is 0.294 e. The molecule has 2 N–H and O–H groups in total.